The molecular weight excluding hydrogens is 318 g/mol. The summed E-state index contributed by atoms with van der Waals surface area (Å²) in [5.41, 5.74) is 1.44. The second kappa shape index (κ2) is 7.87. The Balaban J connectivity index is 1.73. The molecule has 2 aliphatic heterocycles. The van der Waals surface area contributed by atoms with E-state index in [9.17, 15) is 9.59 Å². The molecule has 2 aliphatic rings. The minimum absolute atomic E-state index is 0.0307. The van der Waals surface area contributed by atoms with Crippen molar-refractivity contribution in [2.45, 2.75) is 33.1 Å². The van der Waals surface area contributed by atoms with E-state index in [0.29, 0.717) is 18.0 Å². The fourth-order valence-electron chi connectivity index (χ4n) is 3.24. The fourth-order valence-corrected chi connectivity index (χ4v) is 3.24. The maximum Gasteiger partial charge on any atom is 0.265 e. The van der Waals surface area contributed by atoms with E-state index in [2.05, 4.69) is 10.2 Å². The Morgan fingerprint density at radius 2 is 1.96 bits per heavy atom. The van der Waals surface area contributed by atoms with Crippen molar-refractivity contribution in [3.63, 3.8) is 0 Å². The first-order valence-corrected chi connectivity index (χ1v) is 9.15. The van der Waals surface area contributed by atoms with Crippen molar-refractivity contribution in [1.29, 1.82) is 0 Å². The van der Waals surface area contributed by atoms with Crippen LogP contribution in [0.2, 0.25) is 0 Å². The van der Waals surface area contributed by atoms with Crippen LogP contribution in [0.25, 0.3) is 0 Å². The second-order valence-corrected chi connectivity index (χ2v) is 7.06. The first kappa shape index (κ1) is 17.7. The predicted molar refractivity (Wildman–Crippen MR) is 98.0 cm³/mol. The molecule has 0 aliphatic carbocycles. The maximum atomic E-state index is 12.4. The van der Waals surface area contributed by atoms with Gasteiger partial charge in [0.25, 0.3) is 5.91 Å². The molecule has 1 fully saturated rings. The average molecular weight is 345 g/mol. The summed E-state index contributed by atoms with van der Waals surface area (Å²) in [7, 11) is 0. The highest BCUT2D eigenvalue weighted by molar-refractivity contribution is 5.99. The van der Waals surface area contributed by atoms with Crippen molar-refractivity contribution in [2.24, 2.45) is 5.92 Å². The molecule has 0 unspecified atom stereocenters. The molecule has 6 nitrogen and oxygen atoms in total. The highest BCUT2D eigenvalue weighted by Crippen LogP contribution is 2.34. The zero-order valence-corrected chi connectivity index (χ0v) is 15.1. The number of nitrogens with one attached hydrogen (secondary N) is 1. The molecule has 136 valence electrons. The molecule has 25 heavy (non-hydrogen) atoms. The maximum absolute atomic E-state index is 12.4. The first-order chi connectivity index (χ1) is 12.0. The average Bonchev–Trinajstić information content (AvgIpc) is 2.61. The van der Waals surface area contributed by atoms with Gasteiger partial charge in [-0.2, -0.15) is 0 Å². The molecule has 1 N–H and O–H groups in total. The summed E-state index contributed by atoms with van der Waals surface area (Å²) in [6.45, 7) is 7.51. The van der Waals surface area contributed by atoms with E-state index in [-0.39, 0.29) is 24.3 Å². The minimum atomic E-state index is -0.0934. The number of nitrogens with zero attached hydrogens (tertiary/aromatic N) is 2. The Kier molecular flexibility index (Phi) is 5.58. The Bertz CT molecular complexity index is 639. The fraction of sp³-hybridized carbons (Fsp3) is 0.579. The standard InChI is InChI=1S/C19H27N3O3/c1-14(2)19(24)20-15-6-7-17-16(12-15)22(18(23)13-25-17)11-10-21-8-4-3-5-9-21/h6-7,12,14H,3-5,8-11,13H2,1-2H3,(H,20,24). The van der Waals surface area contributed by atoms with Crippen molar-refractivity contribution in [2.75, 3.05) is 43.0 Å². The van der Waals surface area contributed by atoms with Gasteiger partial charge in [0.05, 0.1) is 5.69 Å². The van der Waals surface area contributed by atoms with Crippen LogP contribution in [0.3, 0.4) is 0 Å². The second-order valence-electron chi connectivity index (χ2n) is 7.06. The lowest BCUT2D eigenvalue weighted by atomic mass is 10.1. The molecule has 0 aromatic heterocycles. The summed E-state index contributed by atoms with van der Waals surface area (Å²) in [5, 5.41) is 2.89. The molecule has 3 rings (SSSR count). The third kappa shape index (κ3) is 4.31. The highest BCUT2D eigenvalue weighted by atomic mass is 16.5. The number of fused-ring (bicyclic) bond motifs is 1. The number of likely N-dealkylation sites (tertiary alicyclic amines) is 1. The summed E-state index contributed by atoms with van der Waals surface area (Å²) in [4.78, 5) is 28.5. The number of benzene rings is 1. The lowest BCUT2D eigenvalue weighted by Crippen LogP contribution is -2.44. The van der Waals surface area contributed by atoms with Crippen LogP contribution in [-0.2, 0) is 9.59 Å². The van der Waals surface area contributed by atoms with E-state index in [1.165, 1.54) is 19.3 Å². The van der Waals surface area contributed by atoms with Crippen LogP contribution in [0, 0.1) is 5.92 Å². The number of hydrogen-bond acceptors (Lipinski definition) is 4. The van der Waals surface area contributed by atoms with Gasteiger partial charge < -0.3 is 19.9 Å². The highest BCUT2D eigenvalue weighted by Gasteiger charge is 2.26. The molecule has 0 radical (unpaired) electrons. The van der Waals surface area contributed by atoms with Crippen LogP contribution in [0.5, 0.6) is 5.75 Å². The normalized spacial score (nSPS) is 18.0. The zero-order chi connectivity index (χ0) is 17.8. The summed E-state index contributed by atoms with van der Waals surface area (Å²) in [6, 6.07) is 5.48. The van der Waals surface area contributed by atoms with Crippen molar-refractivity contribution in [3.05, 3.63) is 18.2 Å². The first-order valence-electron chi connectivity index (χ1n) is 9.15. The summed E-state index contributed by atoms with van der Waals surface area (Å²) >= 11 is 0. The lowest BCUT2D eigenvalue weighted by molar-refractivity contribution is -0.121. The molecule has 2 amide bonds. The number of hydrogen-bond donors (Lipinski definition) is 1. The summed E-state index contributed by atoms with van der Waals surface area (Å²) in [6.07, 6.45) is 3.77. The summed E-state index contributed by atoms with van der Waals surface area (Å²) < 4.78 is 5.55. The monoisotopic (exact) mass is 345 g/mol. The van der Waals surface area contributed by atoms with E-state index in [1.807, 2.05) is 32.0 Å². The third-order valence-electron chi connectivity index (χ3n) is 4.78. The largest absolute Gasteiger partial charge is 0.482 e. The van der Waals surface area contributed by atoms with Gasteiger partial charge in [-0.25, -0.2) is 0 Å². The number of amides is 2. The van der Waals surface area contributed by atoms with Gasteiger partial charge in [0, 0.05) is 24.7 Å². The summed E-state index contributed by atoms with van der Waals surface area (Å²) in [5.74, 6) is 0.532. The number of rotatable bonds is 5. The van der Waals surface area contributed by atoms with Gasteiger partial charge in [-0.15, -0.1) is 0 Å². The van der Waals surface area contributed by atoms with Crippen LogP contribution in [-0.4, -0.2) is 49.5 Å². The van der Waals surface area contributed by atoms with E-state index >= 15 is 0 Å². The van der Waals surface area contributed by atoms with Gasteiger partial charge in [0.1, 0.15) is 5.75 Å². The van der Waals surface area contributed by atoms with Gasteiger partial charge in [0.15, 0.2) is 6.61 Å². The smallest absolute Gasteiger partial charge is 0.265 e. The van der Waals surface area contributed by atoms with Crippen LogP contribution < -0.4 is 15.0 Å². The van der Waals surface area contributed by atoms with E-state index < -0.39 is 0 Å². The molecular formula is C19H27N3O3. The van der Waals surface area contributed by atoms with E-state index in [1.54, 1.807) is 4.90 Å². The lowest BCUT2D eigenvalue weighted by Gasteiger charge is -2.33. The van der Waals surface area contributed by atoms with Crippen molar-refractivity contribution in [1.82, 2.24) is 4.90 Å². The van der Waals surface area contributed by atoms with Gasteiger partial charge in [-0.1, -0.05) is 20.3 Å². The van der Waals surface area contributed by atoms with Crippen LogP contribution in [0.15, 0.2) is 18.2 Å². The Labute approximate surface area is 149 Å². The van der Waals surface area contributed by atoms with E-state index in [0.717, 1.165) is 25.3 Å². The molecule has 0 saturated carbocycles. The van der Waals surface area contributed by atoms with Crippen molar-refractivity contribution < 1.29 is 14.3 Å². The molecule has 1 aromatic rings. The SMILES string of the molecule is CC(C)C(=O)Nc1ccc2c(c1)N(CCN1CCCCC1)C(=O)CO2. The zero-order valence-electron chi connectivity index (χ0n) is 15.1. The van der Waals surface area contributed by atoms with Gasteiger partial charge in [-0.05, 0) is 44.1 Å². The number of piperidine rings is 1. The molecule has 0 atom stereocenters. The minimum Gasteiger partial charge on any atom is -0.482 e. The Morgan fingerprint density at radius 1 is 1.20 bits per heavy atom. The molecule has 2 heterocycles. The van der Waals surface area contributed by atoms with Gasteiger partial charge in [0.2, 0.25) is 5.91 Å². The topological polar surface area (TPSA) is 61.9 Å². The van der Waals surface area contributed by atoms with Crippen molar-refractivity contribution >= 4 is 23.2 Å². The molecule has 6 heteroatoms. The van der Waals surface area contributed by atoms with Crippen LogP contribution in [0.4, 0.5) is 11.4 Å². The number of carbonyl (C=O) groups excluding carboxylic acids is 2. The molecule has 0 bridgehead atoms. The Hall–Kier alpha value is -2.08. The van der Waals surface area contributed by atoms with Crippen LogP contribution in [0.1, 0.15) is 33.1 Å². The molecule has 1 aromatic carbocycles. The predicted octanol–water partition coefficient (Wildman–Crippen LogP) is 2.49. The van der Waals surface area contributed by atoms with Gasteiger partial charge in [-0.3, -0.25) is 9.59 Å². The third-order valence-corrected chi connectivity index (χ3v) is 4.78. The van der Waals surface area contributed by atoms with Crippen molar-refractivity contribution in [3.8, 4) is 5.75 Å². The molecule has 0 spiro atoms. The molecule has 1 saturated heterocycles. The quantitative estimate of drug-likeness (QED) is 0.891. The number of ether oxygens (including phenoxy) is 1. The number of anilines is 2. The van der Waals surface area contributed by atoms with Gasteiger partial charge >= 0.3 is 0 Å². The van der Waals surface area contributed by atoms with E-state index in [4.69, 9.17) is 4.74 Å². The Morgan fingerprint density at radius 3 is 2.68 bits per heavy atom. The van der Waals surface area contributed by atoms with Crippen LogP contribution >= 0.6 is 0 Å². The number of carbonyl (C=O) groups is 2.